The number of anilines is 1. The molecule has 2 N–H and O–H groups in total. The van der Waals surface area contributed by atoms with E-state index in [1.807, 2.05) is 38.1 Å². The van der Waals surface area contributed by atoms with Crippen LogP contribution in [0.2, 0.25) is 0 Å². The van der Waals surface area contributed by atoms with Crippen LogP contribution in [0.3, 0.4) is 0 Å². The smallest absolute Gasteiger partial charge is 0.245 e. The van der Waals surface area contributed by atoms with E-state index >= 15 is 0 Å². The summed E-state index contributed by atoms with van der Waals surface area (Å²) in [7, 11) is 0. The highest BCUT2D eigenvalue weighted by atomic mass is 16.2. The minimum atomic E-state index is -0.262. The van der Waals surface area contributed by atoms with E-state index in [1.54, 1.807) is 4.90 Å². The Labute approximate surface area is 119 Å². The molecule has 2 rings (SSSR count). The molecule has 1 atom stereocenters. The minimum absolute atomic E-state index is 0.0186. The number of hydrogen-bond acceptors (Lipinski definition) is 3. The maximum Gasteiger partial charge on any atom is 0.245 e. The van der Waals surface area contributed by atoms with E-state index in [-0.39, 0.29) is 24.4 Å². The SMILES string of the molecule is CCNC(=O)CN(CC)C(=O)[C@@H]1Cc2ccccc2N1. The quantitative estimate of drug-likeness (QED) is 0.843. The van der Waals surface area contributed by atoms with Crippen LogP contribution in [0, 0.1) is 0 Å². The highest BCUT2D eigenvalue weighted by Gasteiger charge is 2.30. The number of amides is 2. The number of carbonyl (C=O) groups is 2. The Morgan fingerprint density at radius 1 is 1.35 bits per heavy atom. The van der Waals surface area contributed by atoms with Gasteiger partial charge in [-0.2, -0.15) is 0 Å². The Morgan fingerprint density at radius 2 is 2.10 bits per heavy atom. The Balaban J connectivity index is 1.99. The lowest BCUT2D eigenvalue weighted by Crippen LogP contribution is -2.46. The topological polar surface area (TPSA) is 61.4 Å². The fourth-order valence-corrected chi connectivity index (χ4v) is 2.44. The molecule has 1 aliphatic rings. The van der Waals surface area contributed by atoms with E-state index < -0.39 is 0 Å². The van der Waals surface area contributed by atoms with Crippen molar-refractivity contribution in [1.29, 1.82) is 0 Å². The molecule has 1 aromatic carbocycles. The summed E-state index contributed by atoms with van der Waals surface area (Å²) in [5, 5.41) is 5.95. The lowest BCUT2D eigenvalue weighted by atomic mass is 10.1. The van der Waals surface area contributed by atoms with Crippen LogP contribution in [0.15, 0.2) is 24.3 Å². The number of para-hydroxylation sites is 1. The lowest BCUT2D eigenvalue weighted by Gasteiger charge is -2.23. The monoisotopic (exact) mass is 275 g/mol. The third-order valence-corrected chi connectivity index (χ3v) is 3.47. The van der Waals surface area contributed by atoms with Crippen molar-refractivity contribution in [2.75, 3.05) is 25.0 Å². The van der Waals surface area contributed by atoms with E-state index in [2.05, 4.69) is 10.6 Å². The number of likely N-dealkylation sites (N-methyl/N-ethyl adjacent to an activating group) is 2. The number of carbonyl (C=O) groups excluding carboxylic acids is 2. The minimum Gasteiger partial charge on any atom is -0.373 e. The number of hydrogen-bond donors (Lipinski definition) is 2. The number of fused-ring (bicyclic) bond motifs is 1. The zero-order chi connectivity index (χ0) is 14.5. The summed E-state index contributed by atoms with van der Waals surface area (Å²) in [6, 6.07) is 7.66. The Kier molecular flexibility index (Phi) is 4.61. The van der Waals surface area contributed by atoms with Crippen molar-refractivity contribution in [3.8, 4) is 0 Å². The number of nitrogens with one attached hydrogen (secondary N) is 2. The highest BCUT2D eigenvalue weighted by Crippen LogP contribution is 2.25. The number of rotatable bonds is 5. The van der Waals surface area contributed by atoms with Crippen molar-refractivity contribution >= 4 is 17.5 Å². The van der Waals surface area contributed by atoms with Gasteiger partial charge in [0.15, 0.2) is 0 Å². The first-order valence-corrected chi connectivity index (χ1v) is 7.05. The van der Waals surface area contributed by atoms with Gasteiger partial charge in [-0.1, -0.05) is 18.2 Å². The normalized spacial score (nSPS) is 16.2. The van der Waals surface area contributed by atoms with Crippen LogP contribution in [-0.4, -0.2) is 42.4 Å². The van der Waals surface area contributed by atoms with Crippen molar-refractivity contribution in [2.45, 2.75) is 26.3 Å². The van der Waals surface area contributed by atoms with E-state index in [0.717, 1.165) is 11.3 Å². The zero-order valence-electron chi connectivity index (χ0n) is 12.0. The standard InChI is InChI=1S/C15H21N3O2/c1-3-16-14(19)10-18(4-2)15(20)13-9-11-7-5-6-8-12(11)17-13/h5-8,13,17H,3-4,9-10H2,1-2H3,(H,16,19)/t13-/m0/s1. The van der Waals surface area contributed by atoms with Gasteiger partial charge in [0, 0.05) is 25.2 Å². The van der Waals surface area contributed by atoms with E-state index in [9.17, 15) is 9.59 Å². The van der Waals surface area contributed by atoms with Gasteiger partial charge in [0.05, 0.1) is 6.54 Å². The summed E-state index contributed by atoms with van der Waals surface area (Å²) in [5.41, 5.74) is 2.17. The second-order valence-electron chi connectivity index (χ2n) is 4.86. The summed E-state index contributed by atoms with van der Waals surface area (Å²) < 4.78 is 0. The third-order valence-electron chi connectivity index (χ3n) is 3.47. The molecule has 108 valence electrons. The molecule has 0 fully saturated rings. The average Bonchev–Trinajstić information content (AvgIpc) is 2.88. The Morgan fingerprint density at radius 3 is 2.75 bits per heavy atom. The van der Waals surface area contributed by atoms with Crippen LogP contribution in [0.4, 0.5) is 5.69 Å². The van der Waals surface area contributed by atoms with Crippen molar-refractivity contribution in [3.63, 3.8) is 0 Å². The molecule has 0 radical (unpaired) electrons. The molecule has 2 amide bonds. The first kappa shape index (κ1) is 14.4. The van der Waals surface area contributed by atoms with Crippen LogP contribution in [0.1, 0.15) is 19.4 Å². The Hall–Kier alpha value is -2.04. The van der Waals surface area contributed by atoms with Crippen LogP contribution in [0.5, 0.6) is 0 Å². The van der Waals surface area contributed by atoms with E-state index in [4.69, 9.17) is 0 Å². The molecular weight excluding hydrogens is 254 g/mol. The molecule has 0 saturated heterocycles. The molecule has 0 aromatic heterocycles. The zero-order valence-corrected chi connectivity index (χ0v) is 12.0. The fourth-order valence-electron chi connectivity index (χ4n) is 2.44. The fraction of sp³-hybridized carbons (Fsp3) is 0.467. The summed E-state index contributed by atoms with van der Waals surface area (Å²) in [4.78, 5) is 25.7. The van der Waals surface area contributed by atoms with E-state index in [1.165, 1.54) is 0 Å². The molecule has 1 aliphatic heterocycles. The second-order valence-corrected chi connectivity index (χ2v) is 4.86. The molecule has 0 saturated carbocycles. The van der Waals surface area contributed by atoms with Crippen molar-refractivity contribution in [2.24, 2.45) is 0 Å². The second kappa shape index (κ2) is 6.41. The van der Waals surface area contributed by atoms with Crippen molar-refractivity contribution in [3.05, 3.63) is 29.8 Å². The molecule has 20 heavy (non-hydrogen) atoms. The maximum absolute atomic E-state index is 12.5. The van der Waals surface area contributed by atoms with Gasteiger partial charge in [-0.05, 0) is 25.5 Å². The summed E-state index contributed by atoms with van der Waals surface area (Å²) in [6.45, 7) is 4.99. The molecule has 0 spiro atoms. The number of nitrogens with zero attached hydrogens (tertiary/aromatic N) is 1. The molecule has 0 aliphatic carbocycles. The van der Waals surface area contributed by atoms with Gasteiger partial charge < -0.3 is 15.5 Å². The van der Waals surface area contributed by atoms with E-state index in [0.29, 0.717) is 19.5 Å². The average molecular weight is 275 g/mol. The van der Waals surface area contributed by atoms with Crippen molar-refractivity contribution in [1.82, 2.24) is 10.2 Å². The Bertz CT molecular complexity index is 477. The predicted octanol–water partition coefficient (Wildman–Crippen LogP) is 1.01. The molecule has 1 aromatic rings. The largest absolute Gasteiger partial charge is 0.373 e. The van der Waals surface area contributed by atoms with Gasteiger partial charge in [0.1, 0.15) is 6.04 Å². The highest BCUT2D eigenvalue weighted by molar-refractivity contribution is 5.90. The predicted molar refractivity (Wildman–Crippen MR) is 78.5 cm³/mol. The first-order valence-electron chi connectivity index (χ1n) is 7.05. The first-order chi connectivity index (χ1) is 9.65. The summed E-state index contributed by atoms with van der Waals surface area (Å²) in [5.74, 6) is -0.131. The molecule has 5 nitrogen and oxygen atoms in total. The lowest BCUT2D eigenvalue weighted by molar-refractivity contribution is -0.136. The third kappa shape index (κ3) is 3.10. The molecule has 0 unspecified atom stereocenters. The van der Waals surface area contributed by atoms with Crippen LogP contribution in [-0.2, 0) is 16.0 Å². The number of benzene rings is 1. The summed E-state index contributed by atoms with van der Waals surface area (Å²) >= 11 is 0. The molecule has 5 heteroatoms. The van der Waals surface area contributed by atoms with Gasteiger partial charge in [0.25, 0.3) is 0 Å². The maximum atomic E-state index is 12.5. The molecular formula is C15H21N3O2. The van der Waals surface area contributed by atoms with Crippen molar-refractivity contribution < 1.29 is 9.59 Å². The summed E-state index contributed by atoms with van der Waals surface area (Å²) in [6.07, 6.45) is 0.681. The van der Waals surface area contributed by atoms with Gasteiger partial charge >= 0.3 is 0 Å². The molecule has 0 bridgehead atoms. The van der Waals surface area contributed by atoms with Gasteiger partial charge in [-0.25, -0.2) is 0 Å². The van der Waals surface area contributed by atoms with Gasteiger partial charge in [-0.3, -0.25) is 9.59 Å². The van der Waals surface area contributed by atoms with Gasteiger partial charge in [0.2, 0.25) is 11.8 Å². The molecule has 1 heterocycles. The van der Waals surface area contributed by atoms with Gasteiger partial charge in [-0.15, -0.1) is 0 Å². The van der Waals surface area contributed by atoms with Crippen LogP contribution in [0.25, 0.3) is 0 Å². The van der Waals surface area contributed by atoms with Crippen LogP contribution >= 0.6 is 0 Å². The van der Waals surface area contributed by atoms with Crippen LogP contribution < -0.4 is 10.6 Å².